The summed E-state index contributed by atoms with van der Waals surface area (Å²) in [6.07, 6.45) is 2.63. The zero-order chi connectivity index (χ0) is 12.8. The summed E-state index contributed by atoms with van der Waals surface area (Å²) in [4.78, 5) is 2.63. The first-order valence-corrected chi connectivity index (χ1v) is 7.25. The number of nitrogens with one attached hydrogen (secondary N) is 1. The largest absolute Gasteiger partial charge is 0.385 e. The van der Waals surface area contributed by atoms with Gasteiger partial charge >= 0.3 is 0 Å². The van der Waals surface area contributed by atoms with Crippen molar-refractivity contribution >= 4 is 5.69 Å². The Hall–Kier alpha value is -1.02. The fourth-order valence-corrected chi connectivity index (χ4v) is 3.07. The highest BCUT2D eigenvalue weighted by Crippen LogP contribution is 2.20. The Kier molecular flexibility index (Phi) is 5.06. The van der Waals surface area contributed by atoms with Gasteiger partial charge in [-0.2, -0.15) is 0 Å². The molecule has 1 aliphatic rings. The lowest BCUT2D eigenvalue weighted by molar-refractivity contribution is 0.141. The van der Waals surface area contributed by atoms with Gasteiger partial charge in [-0.15, -0.1) is 0 Å². The van der Waals surface area contributed by atoms with Crippen molar-refractivity contribution in [3.05, 3.63) is 30.3 Å². The van der Waals surface area contributed by atoms with E-state index in [1.807, 2.05) is 0 Å². The van der Waals surface area contributed by atoms with Crippen LogP contribution in [0.2, 0.25) is 0 Å². The van der Waals surface area contributed by atoms with Gasteiger partial charge in [-0.05, 0) is 43.4 Å². The summed E-state index contributed by atoms with van der Waals surface area (Å²) in [5.41, 5.74) is 1.23. The molecule has 1 aliphatic heterocycles. The Bertz CT molecular complexity index is 326. The predicted molar refractivity (Wildman–Crippen MR) is 78.9 cm³/mol. The maximum atomic E-state index is 3.48. The molecular formula is C16H26N2. The molecule has 2 heteroatoms. The second-order valence-corrected chi connectivity index (χ2v) is 5.85. The summed E-state index contributed by atoms with van der Waals surface area (Å²) in [6.45, 7) is 9.64. The van der Waals surface area contributed by atoms with E-state index < -0.39 is 0 Å². The van der Waals surface area contributed by atoms with Crippen molar-refractivity contribution in [2.45, 2.75) is 26.7 Å². The molecule has 0 aliphatic carbocycles. The first-order valence-electron chi connectivity index (χ1n) is 7.25. The number of benzene rings is 1. The van der Waals surface area contributed by atoms with Crippen LogP contribution in [0.4, 0.5) is 5.69 Å². The Balaban J connectivity index is 1.63. The van der Waals surface area contributed by atoms with Gasteiger partial charge in [0.2, 0.25) is 0 Å². The highest BCUT2D eigenvalue weighted by atomic mass is 15.1. The van der Waals surface area contributed by atoms with Gasteiger partial charge in [-0.1, -0.05) is 32.0 Å². The number of nitrogens with zero attached hydrogens (tertiary/aromatic N) is 1. The third-order valence-electron chi connectivity index (χ3n) is 3.70. The van der Waals surface area contributed by atoms with Gasteiger partial charge < -0.3 is 10.2 Å². The zero-order valence-electron chi connectivity index (χ0n) is 11.7. The standard InChI is InChI=1S/C16H26N2/c1-14-11-15(2)13-18(12-14)10-6-9-17-16-7-4-3-5-8-16/h3-5,7-8,14-15,17H,6,9-13H2,1-2H3. The smallest absolute Gasteiger partial charge is 0.0340 e. The van der Waals surface area contributed by atoms with Gasteiger partial charge in [0, 0.05) is 25.3 Å². The van der Waals surface area contributed by atoms with Crippen LogP contribution in [0.15, 0.2) is 30.3 Å². The fourth-order valence-electron chi connectivity index (χ4n) is 3.07. The lowest BCUT2D eigenvalue weighted by Crippen LogP contribution is -2.39. The van der Waals surface area contributed by atoms with Crippen molar-refractivity contribution in [2.24, 2.45) is 11.8 Å². The molecule has 1 fully saturated rings. The maximum absolute atomic E-state index is 3.48. The third-order valence-corrected chi connectivity index (χ3v) is 3.70. The third kappa shape index (κ3) is 4.34. The molecule has 1 aromatic rings. The van der Waals surface area contributed by atoms with E-state index in [-0.39, 0.29) is 0 Å². The summed E-state index contributed by atoms with van der Waals surface area (Å²) in [6, 6.07) is 10.5. The zero-order valence-corrected chi connectivity index (χ0v) is 11.7. The Morgan fingerprint density at radius 3 is 2.44 bits per heavy atom. The van der Waals surface area contributed by atoms with Crippen molar-refractivity contribution < 1.29 is 0 Å². The van der Waals surface area contributed by atoms with Crippen LogP contribution in [0.3, 0.4) is 0 Å². The second-order valence-electron chi connectivity index (χ2n) is 5.85. The fraction of sp³-hybridized carbons (Fsp3) is 0.625. The molecule has 2 unspecified atom stereocenters. The lowest BCUT2D eigenvalue weighted by Gasteiger charge is -2.34. The predicted octanol–water partition coefficient (Wildman–Crippen LogP) is 3.47. The van der Waals surface area contributed by atoms with Crippen molar-refractivity contribution in [3.63, 3.8) is 0 Å². The molecule has 1 aromatic carbocycles. The molecule has 1 saturated heterocycles. The van der Waals surface area contributed by atoms with Gasteiger partial charge in [0.15, 0.2) is 0 Å². The van der Waals surface area contributed by atoms with Gasteiger partial charge in [0.1, 0.15) is 0 Å². The minimum absolute atomic E-state index is 0.871. The normalized spacial score (nSPS) is 25.0. The van der Waals surface area contributed by atoms with Crippen LogP contribution < -0.4 is 5.32 Å². The van der Waals surface area contributed by atoms with Crippen LogP contribution in [0.5, 0.6) is 0 Å². The number of likely N-dealkylation sites (tertiary alicyclic amines) is 1. The minimum atomic E-state index is 0.871. The second kappa shape index (κ2) is 6.79. The Morgan fingerprint density at radius 1 is 1.11 bits per heavy atom. The van der Waals surface area contributed by atoms with E-state index in [2.05, 4.69) is 54.4 Å². The van der Waals surface area contributed by atoms with E-state index in [0.717, 1.165) is 18.4 Å². The highest BCUT2D eigenvalue weighted by Gasteiger charge is 2.20. The SMILES string of the molecule is CC1CC(C)CN(CCCNc2ccccc2)C1. The van der Waals surface area contributed by atoms with E-state index in [4.69, 9.17) is 0 Å². The van der Waals surface area contributed by atoms with Crippen LogP contribution in [0.25, 0.3) is 0 Å². The summed E-state index contributed by atoms with van der Waals surface area (Å²) >= 11 is 0. The van der Waals surface area contributed by atoms with Gasteiger partial charge in [0.05, 0.1) is 0 Å². The number of hydrogen-bond donors (Lipinski definition) is 1. The Morgan fingerprint density at radius 2 is 1.78 bits per heavy atom. The van der Waals surface area contributed by atoms with Gasteiger partial charge in [-0.25, -0.2) is 0 Å². The first kappa shape index (κ1) is 13.4. The number of piperidine rings is 1. The van der Waals surface area contributed by atoms with E-state index in [9.17, 15) is 0 Å². The molecule has 0 spiro atoms. The molecular weight excluding hydrogens is 220 g/mol. The molecule has 2 atom stereocenters. The molecule has 0 bridgehead atoms. The highest BCUT2D eigenvalue weighted by molar-refractivity contribution is 5.42. The van der Waals surface area contributed by atoms with Crippen LogP contribution in [0.1, 0.15) is 26.7 Å². The molecule has 0 saturated carbocycles. The topological polar surface area (TPSA) is 15.3 Å². The monoisotopic (exact) mass is 246 g/mol. The summed E-state index contributed by atoms with van der Waals surface area (Å²) in [5.74, 6) is 1.74. The summed E-state index contributed by atoms with van der Waals surface area (Å²) in [5, 5.41) is 3.48. The van der Waals surface area contributed by atoms with Crippen LogP contribution in [-0.2, 0) is 0 Å². The Labute approximate surface area is 111 Å². The number of anilines is 1. The molecule has 0 aromatic heterocycles. The quantitative estimate of drug-likeness (QED) is 0.800. The lowest BCUT2D eigenvalue weighted by atomic mass is 9.92. The van der Waals surface area contributed by atoms with Crippen molar-refractivity contribution in [3.8, 4) is 0 Å². The van der Waals surface area contributed by atoms with Gasteiger partial charge in [-0.3, -0.25) is 0 Å². The molecule has 1 N–H and O–H groups in total. The van der Waals surface area contributed by atoms with E-state index >= 15 is 0 Å². The molecule has 2 rings (SSSR count). The van der Waals surface area contributed by atoms with Crippen molar-refractivity contribution in [1.29, 1.82) is 0 Å². The van der Waals surface area contributed by atoms with E-state index in [1.165, 1.54) is 38.2 Å². The molecule has 18 heavy (non-hydrogen) atoms. The maximum Gasteiger partial charge on any atom is 0.0340 e. The van der Waals surface area contributed by atoms with Crippen molar-refractivity contribution in [2.75, 3.05) is 31.5 Å². The average Bonchev–Trinajstić information content (AvgIpc) is 2.35. The first-order chi connectivity index (χ1) is 8.74. The molecule has 2 nitrogen and oxygen atoms in total. The minimum Gasteiger partial charge on any atom is -0.385 e. The summed E-state index contributed by atoms with van der Waals surface area (Å²) < 4.78 is 0. The molecule has 1 heterocycles. The van der Waals surface area contributed by atoms with Crippen LogP contribution in [0, 0.1) is 11.8 Å². The van der Waals surface area contributed by atoms with Crippen LogP contribution >= 0.6 is 0 Å². The van der Waals surface area contributed by atoms with E-state index in [1.54, 1.807) is 0 Å². The number of rotatable bonds is 5. The molecule has 0 radical (unpaired) electrons. The number of hydrogen-bond acceptors (Lipinski definition) is 2. The molecule has 0 amide bonds. The average molecular weight is 246 g/mol. The summed E-state index contributed by atoms with van der Waals surface area (Å²) in [7, 11) is 0. The van der Waals surface area contributed by atoms with Gasteiger partial charge in [0.25, 0.3) is 0 Å². The number of para-hydroxylation sites is 1. The van der Waals surface area contributed by atoms with E-state index in [0.29, 0.717) is 0 Å². The van der Waals surface area contributed by atoms with Crippen molar-refractivity contribution in [1.82, 2.24) is 4.90 Å². The molecule has 100 valence electrons. The van der Waals surface area contributed by atoms with Crippen LogP contribution in [-0.4, -0.2) is 31.1 Å².